The molecule has 4 rings (SSSR count). The van der Waals surface area contributed by atoms with Crippen LogP contribution in [0.4, 0.5) is 5.69 Å². The van der Waals surface area contributed by atoms with Crippen LogP contribution < -0.4 is 4.80 Å². The van der Waals surface area contributed by atoms with Crippen molar-refractivity contribution in [1.29, 1.82) is 0 Å². The first-order valence-electron chi connectivity index (χ1n) is 9.03. The Balaban J connectivity index is 1.88. The van der Waals surface area contributed by atoms with Gasteiger partial charge in [0.25, 0.3) is 0 Å². The van der Waals surface area contributed by atoms with Gasteiger partial charge < -0.3 is 4.57 Å². The van der Waals surface area contributed by atoms with Gasteiger partial charge in [-0.2, -0.15) is 0 Å². The quantitative estimate of drug-likeness (QED) is 0.606. The molecule has 0 saturated heterocycles. The maximum absolute atomic E-state index is 4.92. The molecular formula is C21H23N3S. The normalized spacial score (nSPS) is 21.4. The molecule has 0 radical (unpaired) electrons. The highest BCUT2D eigenvalue weighted by molar-refractivity contribution is 7.07. The first-order valence-corrected chi connectivity index (χ1v) is 9.91. The standard InChI is InChI=1S/C21H23N3S/c1-16-8-5-6-12-19(16)24-20(17-9-3-2-4-10-17)15-25-21(24)23-18-11-7-13-22-14-18/h2-4,7,9-11,13-16,19H,5-6,8,12H2,1H3. The molecule has 3 nitrogen and oxygen atoms in total. The van der Waals surface area contributed by atoms with E-state index in [1.54, 1.807) is 17.5 Å². The number of nitrogens with zero attached hydrogens (tertiary/aromatic N) is 3. The van der Waals surface area contributed by atoms with Crippen LogP contribution in [0.3, 0.4) is 0 Å². The van der Waals surface area contributed by atoms with E-state index in [9.17, 15) is 0 Å². The molecule has 2 aromatic heterocycles. The number of rotatable bonds is 3. The van der Waals surface area contributed by atoms with Gasteiger partial charge in [-0.05, 0) is 36.5 Å². The molecule has 1 fully saturated rings. The SMILES string of the molecule is CC1CCCCC1n1c(-c2ccccc2)csc1=Nc1cccnc1. The van der Waals surface area contributed by atoms with E-state index in [2.05, 4.69) is 52.2 Å². The van der Waals surface area contributed by atoms with E-state index in [0.717, 1.165) is 10.5 Å². The highest BCUT2D eigenvalue weighted by atomic mass is 32.1. The Bertz CT molecular complexity index is 880. The van der Waals surface area contributed by atoms with Crippen molar-refractivity contribution >= 4 is 17.0 Å². The minimum absolute atomic E-state index is 0.519. The molecule has 1 aliphatic carbocycles. The van der Waals surface area contributed by atoms with E-state index in [-0.39, 0.29) is 0 Å². The average Bonchev–Trinajstić information content (AvgIpc) is 3.07. The van der Waals surface area contributed by atoms with Gasteiger partial charge in [-0.1, -0.05) is 50.1 Å². The van der Waals surface area contributed by atoms with Crippen molar-refractivity contribution in [3.63, 3.8) is 0 Å². The maximum atomic E-state index is 4.92. The van der Waals surface area contributed by atoms with Crippen molar-refractivity contribution < 1.29 is 0 Å². The van der Waals surface area contributed by atoms with Crippen molar-refractivity contribution in [2.75, 3.05) is 0 Å². The number of pyridine rings is 1. The summed E-state index contributed by atoms with van der Waals surface area (Å²) in [5.74, 6) is 0.679. The molecule has 2 atom stereocenters. The minimum Gasteiger partial charge on any atom is -0.313 e. The molecule has 0 amide bonds. The summed E-state index contributed by atoms with van der Waals surface area (Å²) >= 11 is 1.73. The molecule has 2 heterocycles. The number of aromatic nitrogens is 2. The van der Waals surface area contributed by atoms with Crippen LogP contribution in [-0.4, -0.2) is 9.55 Å². The second-order valence-electron chi connectivity index (χ2n) is 6.79. The molecule has 1 aliphatic rings. The van der Waals surface area contributed by atoms with Crippen molar-refractivity contribution in [3.8, 4) is 11.3 Å². The third-order valence-corrected chi connectivity index (χ3v) is 5.92. The first-order chi connectivity index (χ1) is 12.3. The number of thiazole rings is 1. The van der Waals surface area contributed by atoms with Gasteiger partial charge in [0, 0.05) is 17.6 Å². The Kier molecular flexibility index (Phi) is 4.79. The van der Waals surface area contributed by atoms with Gasteiger partial charge in [0.1, 0.15) is 0 Å². The van der Waals surface area contributed by atoms with Crippen molar-refractivity contribution in [1.82, 2.24) is 9.55 Å². The lowest BCUT2D eigenvalue weighted by Gasteiger charge is -2.31. The summed E-state index contributed by atoms with van der Waals surface area (Å²) in [5, 5.41) is 2.26. The van der Waals surface area contributed by atoms with E-state index < -0.39 is 0 Å². The third kappa shape index (κ3) is 3.45. The Morgan fingerprint density at radius 1 is 1.08 bits per heavy atom. The average molecular weight is 350 g/mol. The van der Waals surface area contributed by atoms with Gasteiger partial charge in [0.15, 0.2) is 4.80 Å². The van der Waals surface area contributed by atoms with Crippen molar-refractivity contribution in [3.05, 3.63) is 65.0 Å². The fourth-order valence-electron chi connectivity index (χ4n) is 3.75. The zero-order chi connectivity index (χ0) is 17.1. The lowest BCUT2D eigenvalue weighted by Crippen LogP contribution is -2.28. The molecule has 128 valence electrons. The van der Waals surface area contributed by atoms with Crippen molar-refractivity contribution in [2.45, 2.75) is 38.6 Å². The Morgan fingerprint density at radius 2 is 1.92 bits per heavy atom. The van der Waals surface area contributed by atoms with Gasteiger partial charge >= 0.3 is 0 Å². The van der Waals surface area contributed by atoms with Crippen LogP contribution in [0.5, 0.6) is 0 Å². The molecule has 0 N–H and O–H groups in total. The van der Waals surface area contributed by atoms with E-state index in [4.69, 9.17) is 4.99 Å². The molecule has 25 heavy (non-hydrogen) atoms. The monoisotopic (exact) mass is 349 g/mol. The fourth-order valence-corrected chi connectivity index (χ4v) is 4.72. The molecular weight excluding hydrogens is 326 g/mol. The lowest BCUT2D eigenvalue weighted by atomic mass is 9.85. The summed E-state index contributed by atoms with van der Waals surface area (Å²) in [6, 6.07) is 15.2. The number of benzene rings is 1. The molecule has 1 saturated carbocycles. The second kappa shape index (κ2) is 7.36. The molecule has 0 aliphatic heterocycles. The molecule has 0 bridgehead atoms. The second-order valence-corrected chi connectivity index (χ2v) is 7.63. The summed E-state index contributed by atoms with van der Waals surface area (Å²) in [4.78, 5) is 10.2. The Morgan fingerprint density at radius 3 is 2.68 bits per heavy atom. The molecule has 0 spiro atoms. The minimum atomic E-state index is 0.519. The van der Waals surface area contributed by atoms with Crippen molar-refractivity contribution in [2.24, 2.45) is 10.9 Å². The van der Waals surface area contributed by atoms with Gasteiger partial charge in [-0.15, -0.1) is 11.3 Å². The van der Waals surface area contributed by atoms with E-state index in [1.165, 1.54) is 36.9 Å². The van der Waals surface area contributed by atoms with Crippen LogP contribution >= 0.6 is 11.3 Å². The fraction of sp³-hybridized carbons (Fsp3) is 0.333. The summed E-state index contributed by atoms with van der Waals surface area (Å²) in [6.07, 6.45) is 8.80. The summed E-state index contributed by atoms with van der Waals surface area (Å²) in [7, 11) is 0. The zero-order valence-electron chi connectivity index (χ0n) is 14.5. The molecule has 1 aromatic carbocycles. The van der Waals surface area contributed by atoms with E-state index >= 15 is 0 Å². The predicted molar refractivity (Wildman–Crippen MR) is 104 cm³/mol. The molecule has 4 heteroatoms. The van der Waals surface area contributed by atoms with Gasteiger partial charge in [-0.25, -0.2) is 4.99 Å². The topological polar surface area (TPSA) is 30.2 Å². The highest BCUT2D eigenvalue weighted by Crippen LogP contribution is 2.36. The van der Waals surface area contributed by atoms with E-state index in [1.807, 2.05) is 18.3 Å². The predicted octanol–water partition coefficient (Wildman–Crippen LogP) is 5.60. The van der Waals surface area contributed by atoms with Crippen LogP contribution in [0.15, 0.2) is 65.2 Å². The summed E-state index contributed by atoms with van der Waals surface area (Å²) in [5.41, 5.74) is 3.47. The largest absolute Gasteiger partial charge is 0.313 e. The van der Waals surface area contributed by atoms with Crippen LogP contribution in [-0.2, 0) is 0 Å². The van der Waals surface area contributed by atoms with E-state index in [0.29, 0.717) is 12.0 Å². The van der Waals surface area contributed by atoms with Crippen LogP contribution in [0, 0.1) is 5.92 Å². The Hall–Kier alpha value is -2.20. The number of hydrogen-bond donors (Lipinski definition) is 0. The van der Waals surface area contributed by atoms with Gasteiger partial charge in [0.2, 0.25) is 0 Å². The lowest BCUT2D eigenvalue weighted by molar-refractivity contribution is 0.255. The maximum Gasteiger partial charge on any atom is 0.190 e. The van der Waals surface area contributed by atoms with Crippen LogP contribution in [0.2, 0.25) is 0 Å². The molecule has 3 aromatic rings. The zero-order valence-corrected chi connectivity index (χ0v) is 15.3. The smallest absolute Gasteiger partial charge is 0.190 e. The summed E-state index contributed by atoms with van der Waals surface area (Å²) in [6.45, 7) is 2.39. The van der Waals surface area contributed by atoms with Gasteiger partial charge in [0.05, 0.1) is 17.6 Å². The third-order valence-electron chi connectivity index (χ3n) is 5.08. The Labute approximate surface area is 152 Å². The van der Waals surface area contributed by atoms with Gasteiger partial charge in [-0.3, -0.25) is 4.98 Å². The molecule has 2 unspecified atom stereocenters. The van der Waals surface area contributed by atoms with Crippen LogP contribution in [0.25, 0.3) is 11.3 Å². The first kappa shape index (κ1) is 16.3. The highest BCUT2D eigenvalue weighted by Gasteiger charge is 2.26. The number of hydrogen-bond acceptors (Lipinski definition) is 3. The van der Waals surface area contributed by atoms with Crippen LogP contribution in [0.1, 0.15) is 38.6 Å². The summed E-state index contributed by atoms with van der Waals surface area (Å²) < 4.78 is 2.48.